The summed E-state index contributed by atoms with van der Waals surface area (Å²) in [6, 6.07) is 5.12. The van der Waals surface area contributed by atoms with Crippen LogP contribution in [0.4, 0.5) is 23.7 Å². The zero-order valence-corrected chi connectivity index (χ0v) is 15.2. The van der Waals surface area contributed by atoms with Gasteiger partial charge in [0.25, 0.3) is 0 Å². The Morgan fingerprint density at radius 3 is 2.38 bits per heavy atom. The van der Waals surface area contributed by atoms with Gasteiger partial charge in [0.2, 0.25) is 0 Å². The first-order valence-corrected chi connectivity index (χ1v) is 8.35. The molecule has 1 aromatic rings. The molecule has 0 spiro atoms. The Hall–Kier alpha value is -2.43. The van der Waals surface area contributed by atoms with E-state index in [9.17, 15) is 18.0 Å². The molecule has 0 heterocycles. The standard InChI is InChI=1S/C18H24F3N3O2/c1-17(2,3)26-16(25)24-10-6-4-5-9-23-14-8-7-13(12-22)15(11-14)18(19,20)21/h7-8,11,23H,4-6,9-10H2,1-3H3,(H,24,25). The van der Waals surface area contributed by atoms with Crippen LogP contribution < -0.4 is 10.6 Å². The van der Waals surface area contributed by atoms with Crippen molar-refractivity contribution in [3.05, 3.63) is 29.3 Å². The van der Waals surface area contributed by atoms with E-state index in [0.717, 1.165) is 31.4 Å². The molecule has 0 aliphatic carbocycles. The van der Waals surface area contributed by atoms with Gasteiger partial charge in [-0.25, -0.2) is 4.79 Å². The SMILES string of the molecule is CC(C)(C)OC(=O)NCCCCCNc1ccc(C#N)c(C(F)(F)F)c1. The Morgan fingerprint density at radius 1 is 1.15 bits per heavy atom. The first-order valence-electron chi connectivity index (χ1n) is 8.35. The van der Waals surface area contributed by atoms with Crippen LogP contribution in [0.3, 0.4) is 0 Å². The summed E-state index contributed by atoms with van der Waals surface area (Å²) in [6.07, 6.45) is -2.76. The highest BCUT2D eigenvalue weighted by atomic mass is 19.4. The predicted octanol–water partition coefficient (Wildman–Crippen LogP) is 4.68. The Morgan fingerprint density at radius 2 is 1.81 bits per heavy atom. The highest BCUT2D eigenvalue weighted by Crippen LogP contribution is 2.33. The van der Waals surface area contributed by atoms with Gasteiger partial charge in [-0.05, 0) is 58.2 Å². The number of amides is 1. The van der Waals surface area contributed by atoms with Crippen LogP contribution in [0.1, 0.15) is 51.2 Å². The number of halogens is 3. The van der Waals surface area contributed by atoms with Crippen molar-refractivity contribution >= 4 is 11.8 Å². The number of anilines is 1. The van der Waals surface area contributed by atoms with Crippen molar-refractivity contribution < 1.29 is 22.7 Å². The molecule has 0 bridgehead atoms. The normalized spacial score (nSPS) is 11.6. The van der Waals surface area contributed by atoms with E-state index in [1.54, 1.807) is 26.8 Å². The predicted molar refractivity (Wildman–Crippen MR) is 92.7 cm³/mol. The number of nitrogens with zero attached hydrogens (tertiary/aromatic N) is 1. The number of alkyl carbamates (subject to hydrolysis) is 1. The summed E-state index contributed by atoms with van der Waals surface area (Å²) in [5.41, 5.74) is -1.55. The van der Waals surface area contributed by atoms with Crippen LogP contribution in [-0.4, -0.2) is 24.8 Å². The molecule has 0 atom stereocenters. The summed E-state index contributed by atoms with van der Waals surface area (Å²) < 4.78 is 43.8. The van der Waals surface area contributed by atoms with Gasteiger partial charge in [-0.2, -0.15) is 18.4 Å². The molecule has 144 valence electrons. The maximum atomic E-state index is 12.9. The minimum atomic E-state index is -4.56. The number of unbranched alkanes of at least 4 members (excludes halogenated alkanes) is 2. The van der Waals surface area contributed by atoms with Crippen molar-refractivity contribution in [2.24, 2.45) is 0 Å². The van der Waals surface area contributed by atoms with Crippen LogP contribution in [0.5, 0.6) is 0 Å². The molecule has 2 N–H and O–H groups in total. The van der Waals surface area contributed by atoms with Gasteiger partial charge in [-0.3, -0.25) is 0 Å². The number of ether oxygens (including phenoxy) is 1. The highest BCUT2D eigenvalue weighted by Gasteiger charge is 2.33. The number of rotatable bonds is 7. The van der Waals surface area contributed by atoms with E-state index in [1.807, 2.05) is 0 Å². The molecular formula is C18H24F3N3O2. The molecule has 0 saturated carbocycles. The van der Waals surface area contributed by atoms with Crippen molar-refractivity contribution in [1.82, 2.24) is 5.32 Å². The average Bonchev–Trinajstić information content (AvgIpc) is 2.51. The fraction of sp³-hybridized carbons (Fsp3) is 0.556. The number of carbonyl (C=O) groups is 1. The van der Waals surface area contributed by atoms with Gasteiger partial charge in [0.15, 0.2) is 0 Å². The summed E-state index contributed by atoms with van der Waals surface area (Å²) in [4.78, 5) is 11.4. The number of benzene rings is 1. The molecule has 0 radical (unpaired) electrons. The number of nitrogens with one attached hydrogen (secondary N) is 2. The van der Waals surface area contributed by atoms with Crippen LogP contribution in [0.15, 0.2) is 18.2 Å². The van der Waals surface area contributed by atoms with Crippen molar-refractivity contribution in [3.63, 3.8) is 0 Å². The van der Waals surface area contributed by atoms with E-state index in [0.29, 0.717) is 18.8 Å². The molecule has 1 amide bonds. The molecule has 26 heavy (non-hydrogen) atoms. The Labute approximate surface area is 151 Å². The van der Waals surface area contributed by atoms with E-state index in [1.165, 1.54) is 6.07 Å². The number of hydrogen-bond acceptors (Lipinski definition) is 4. The average molecular weight is 371 g/mol. The van der Waals surface area contributed by atoms with E-state index in [-0.39, 0.29) is 0 Å². The second kappa shape index (κ2) is 9.32. The van der Waals surface area contributed by atoms with Gasteiger partial charge in [-0.15, -0.1) is 0 Å². The van der Waals surface area contributed by atoms with Gasteiger partial charge in [0, 0.05) is 18.8 Å². The second-order valence-corrected chi connectivity index (χ2v) is 6.79. The minimum absolute atomic E-state index is 0.322. The summed E-state index contributed by atoms with van der Waals surface area (Å²) in [7, 11) is 0. The zero-order valence-electron chi connectivity index (χ0n) is 15.2. The van der Waals surface area contributed by atoms with Gasteiger partial charge >= 0.3 is 12.3 Å². The lowest BCUT2D eigenvalue weighted by molar-refractivity contribution is -0.137. The van der Waals surface area contributed by atoms with Gasteiger partial charge in [-0.1, -0.05) is 0 Å². The van der Waals surface area contributed by atoms with E-state index in [4.69, 9.17) is 10.00 Å². The molecule has 8 heteroatoms. The summed E-state index contributed by atoms with van der Waals surface area (Å²) in [5.74, 6) is 0. The topological polar surface area (TPSA) is 74.2 Å². The van der Waals surface area contributed by atoms with Crippen LogP contribution in [0.25, 0.3) is 0 Å². The third-order valence-corrected chi connectivity index (χ3v) is 3.30. The van der Waals surface area contributed by atoms with Crippen LogP contribution in [0.2, 0.25) is 0 Å². The van der Waals surface area contributed by atoms with E-state index >= 15 is 0 Å². The largest absolute Gasteiger partial charge is 0.444 e. The Bertz CT molecular complexity index is 647. The molecule has 0 aliphatic rings. The Balaban J connectivity index is 2.31. The molecule has 0 aliphatic heterocycles. The fourth-order valence-corrected chi connectivity index (χ4v) is 2.15. The number of alkyl halides is 3. The molecule has 0 unspecified atom stereocenters. The molecular weight excluding hydrogens is 347 g/mol. The van der Waals surface area contributed by atoms with E-state index < -0.39 is 29.0 Å². The summed E-state index contributed by atoms with van der Waals surface area (Å²) in [6.45, 7) is 6.32. The monoisotopic (exact) mass is 371 g/mol. The van der Waals surface area contributed by atoms with Gasteiger partial charge < -0.3 is 15.4 Å². The number of carbonyl (C=O) groups excluding carboxylic acids is 1. The smallest absolute Gasteiger partial charge is 0.417 e. The quantitative estimate of drug-likeness (QED) is 0.682. The van der Waals surface area contributed by atoms with Gasteiger partial charge in [0.05, 0.1) is 17.2 Å². The fourth-order valence-electron chi connectivity index (χ4n) is 2.15. The number of nitriles is 1. The molecule has 1 aromatic carbocycles. The van der Waals surface area contributed by atoms with Crippen LogP contribution in [-0.2, 0) is 10.9 Å². The molecule has 5 nitrogen and oxygen atoms in total. The second-order valence-electron chi connectivity index (χ2n) is 6.79. The summed E-state index contributed by atoms with van der Waals surface area (Å²) >= 11 is 0. The lowest BCUT2D eigenvalue weighted by atomic mass is 10.1. The molecule has 0 saturated heterocycles. The van der Waals surface area contributed by atoms with Crippen molar-refractivity contribution in [1.29, 1.82) is 5.26 Å². The lowest BCUT2D eigenvalue weighted by Gasteiger charge is -2.19. The molecule has 0 aromatic heterocycles. The third kappa shape index (κ3) is 8.10. The first kappa shape index (κ1) is 21.6. The van der Waals surface area contributed by atoms with E-state index in [2.05, 4.69) is 10.6 Å². The Kier molecular flexibility index (Phi) is 7.75. The minimum Gasteiger partial charge on any atom is -0.444 e. The van der Waals surface area contributed by atoms with Gasteiger partial charge in [0.1, 0.15) is 5.60 Å². The van der Waals surface area contributed by atoms with Crippen molar-refractivity contribution in [2.45, 2.75) is 51.8 Å². The third-order valence-electron chi connectivity index (χ3n) is 3.30. The zero-order chi connectivity index (χ0) is 19.8. The van der Waals surface area contributed by atoms with Crippen LogP contribution in [0, 0.1) is 11.3 Å². The van der Waals surface area contributed by atoms with Crippen LogP contribution >= 0.6 is 0 Å². The first-order chi connectivity index (χ1) is 12.0. The summed E-state index contributed by atoms with van der Waals surface area (Å²) in [5, 5.41) is 14.3. The highest BCUT2D eigenvalue weighted by molar-refractivity contribution is 5.67. The molecule has 1 rings (SSSR count). The maximum absolute atomic E-state index is 12.9. The van der Waals surface area contributed by atoms with Crippen molar-refractivity contribution in [2.75, 3.05) is 18.4 Å². The maximum Gasteiger partial charge on any atom is 0.417 e. The van der Waals surface area contributed by atoms with Crippen molar-refractivity contribution in [3.8, 4) is 6.07 Å². The lowest BCUT2D eigenvalue weighted by Crippen LogP contribution is -2.33. The number of hydrogen-bond donors (Lipinski definition) is 2. The molecule has 0 fully saturated rings.